The van der Waals surface area contributed by atoms with Gasteiger partial charge in [-0.1, -0.05) is 200 Å². The Hall–Kier alpha value is -7.22. The number of fused-ring (bicyclic) bond motifs is 10. The van der Waals surface area contributed by atoms with E-state index in [2.05, 4.69) is 229 Å². The third-order valence-corrected chi connectivity index (χ3v) is 11.9. The number of nitrogens with zero attached hydrogens (tertiary/aromatic N) is 1. The highest BCUT2D eigenvalue weighted by molar-refractivity contribution is 6.04. The van der Waals surface area contributed by atoms with E-state index in [4.69, 9.17) is 0 Å². The molecule has 9 aromatic rings. The highest BCUT2D eigenvalue weighted by Gasteiger charge is 2.52. The summed E-state index contributed by atoms with van der Waals surface area (Å²) in [5.74, 6) is 0. The second-order valence-corrected chi connectivity index (χ2v) is 14.8. The Bertz CT molecular complexity index is 2830. The van der Waals surface area contributed by atoms with Crippen molar-refractivity contribution >= 4 is 17.1 Å². The zero-order valence-corrected chi connectivity index (χ0v) is 30.8. The van der Waals surface area contributed by atoms with Gasteiger partial charge in [-0.05, 0) is 85.5 Å². The first-order chi connectivity index (χ1) is 27.8. The van der Waals surface area contributed by atoms with E-state index in [9.17, 15) is 0 Å². The van der Waals surface area contributed by atoms with E-state index in [1.807, 2.05) is 0 Å². The van der Waals surface area contributed by atoms with E-state index >= 15 is 0 Å². The number of anilines is 3. The summed E-state index contributed by atoms with van der Waals surface area (Å²) < 4.78 is 0. The first-order valence-electron chi connectivity index (χ1n) is 19.4. The molecule has 0 N–H and O–H groups in total. The van der Waals surface area contributed by atoms with Gasteiger partial charge in [0.2, 0.25) is 0 Å². The normalized spacial score (nSPS) is 14.5. The Morgan fingerprint density at radius 2 is 0.679 bits per heavy atom. The standard InChI is InChI=1S/C55H37N/c1-4-19-38(20-5-1)41-35-36-45-44-27-10-14-29-47(44)55(50(45)37-41)48-30-15-11-28-46(48)54-49(55)31-18-34-53(54)56(51-32-16-12-25-42(51)39-21-6-2-7-22-39)52-33-17-13-26-43(52)40-23-8-3-9-24-40/h1-37H. The van der Waals surface area contributed by atoms with Crippen LogP contribution in [0.5, 0.6) is 0 Å². The number of hydrogen-bond donors (Lipinski definition) is 0. The fourth-order valence-corrected chi connectivity index (χ4v) is 9.62. The molecule has 9 aromatic carbocycles. The monoisotopic (exact) mass is 711 g/mol. The molecular formula is C55H37N. The molecule has 0 saturated heterocycles. The van der Waals surface area contributed by atoms with Crippen LogP contribution in [0.4, 0.5) is 17.1 Å². The van der Waals surface area contributed by atoms with Crippen LogP contribution >= 0.6 is 0 Å². The summed E-state index contributed by atoms with van der Waals surface area (Å²) in [5.41, 5.74) is 20.5. The van der Waals surface area contributed by atoms with E-state index in [0.717, 1.165) is 17.1 Å². The summed E-state index contributed by atoms with van der Waals surface area (Å²) in [4.78, 5) is 2.53. The van der Waals surface area contributed by atoms with Crippen LogP contribution in [0.3, 0.4) is 0 Å². The van der Waals surface area contributed by atoms with Crippen LogP contribution in [0, 0.1) is 0 Å². The third kappa shape index (κ3) is 4.74. The predicted molar refractivity (Wildman–Crippen MR) is 234 cm³/mol. The van der Waals surface area contributed by atoms with Gasteiger partial charge in [-0.25, -0.2) is 0 Å². The lowest BCUT2D eigenvalue weighted by Crippen LogP contribution is -2.26. The van der Waals surface area contributed by atoms with Gasteiger partial charge in [0.05, 0.1) is 22.5 Å². The molecule has 1 unspecified atom stereocenters. The number of para-hydroxylation sites is 2. The first kappa shape index (κ1) is 32.2. The van der Waals surface area contributed by atoms with Crippen LogP contribution in [0.15, 0.2) is 224 Å². The van der Waals surface area contributed by atoms with E-state index in [0.29, 0.717) is 0 Å². The van der Waals surface area contributed by atoms with Gasteiger partial charge >= 0.3 is 0 Å². The maximum Gasteiger partial charge on any atom is 0.0726 e. The fraction of sp³-hybridized carbons (Fsp3) is 0.0182. The predicted octanol–water partition coefficient (Wildman–Crippen LogP) is 14.5. The fourth-order valence-electron chi connectivity index (χ4n) is 9.62. The van der Waals surface area contributed by atoms with Crippen LogP contribution in [0.1, 0.15) is 22.3 Å². The molecule has 0 aromatic heterocycles. The molecule has 56 heavy (non-hydrogen) atoms. The van der Waals surface area contributed by atoms with Gasteiger partial charge in [0.1, 0.15) is 0 Å². The second kappa shape index (κ2) is 13.0. The summed E-state index contributed by atoms with van der Waals surface area (Å²) >= 11 is 0. The Labute approximate surface area is 328 Å². The van der Waals surface area contributed by atoms with Crippen molar-refractivity contribution in [1.29, 1.82) is 0 Å². The van der Waals surface area contributed by atoms with Gasteiger partial charge in [-0.3, -0.25) is 0 Å². The summed E-state index contributed by atoms with van der Waals surface area (Å²) in [6, 6.07) is 82.5. The molecule has 1 heteroatoms. The first-order valence-corrected chi connectivity index (χ1v) is 19.4. The van der Waals surface area contributed by atoms with Crippen molar-refractivity contribution in [2.75, 3.05) is 4.90 Å². The minimum atomic E-state index is -0.498. The molecule has 0 radical (unpaired) electrons. The number of rotatable bonds is 6. The zero-order valence-electron chi connectivity index (χ0n) is 30.8. The molecule has 2 aliphatic rings. The molecule has 11 rings (SSSR count). The summed E-state index contributed by atoms with van der Waals surface area (Å²) in [6.07, 6.45) is 0. The maximum absolute atomic E-state index is 2.53. The minimum absolute atomic E-state index is 0.498. The topological polar surface area (TPSA) is 3.24 Å². The van der Waals surface area contributed by atoms with Gasteiger partial charge in [0.25, 0.3) is 0 Å². The van der Waals surface area contributed by atoms with Crippen molar-refractivity contribution in [1.82, 2.24) is 0 Å². The highest BCUT2D eigenvalue weighted by atomic mass is 15.2. The van der Waals surface area contributed by atoms with E-state index in [1.165, 1.54) is 77.9 Å². The van der Waals surface area contributed by atoms with Gasteiger partial charge in [-0.15, -0.1) is 0 Å². The largest absolute Gasteiger partial charge is 0.309 e. The molecule has 262 valence electrons. The van der Waals surface area contributed by atoms with Crippen LogP contribution < -0.4 is 4.90 Å². The van der Waals surface area contributed by atoms with Gasteiger partial charge < -0.3 is 4.90 Å². The molecule has 0 aliphatic heterocycles. The SMILES string of the molecule is c1ccc(-c2ccc3c(c2)C2(c4ccccc4-3)c3ccccc3-c3c(N(c4ccccc4-c4ccccc4)c4ccccc4-c4ccccc4)cccc32)cc1. The highest BCUT2D eigenvalue weighted by Crippen LogP contribution is 2.65. The lowest BCUT2D eigenvalue weighted by molar-refractivity contribution is 0.794. The smallest absolute Gasteiger partial charge is 0.0726 e. The van der Waals surface area contributed by atoms with Crippen molar-refractivity contribution in [2.45, 2.75) is 5.41 Å². The second-order valence-electron chi connectivity index (χ2n) is 14.8. The third-order valence-electron chi connectivity index (χ3n) is 11.9. The molecule has 1 nitrogen and oxygen atoms in total. The van der Waals surface area contributed by atoms with Gasteiger partial charge in [0.15, 0.2) is 0 Å². The summed E-state index contributed by atoms with van der Waals surface area (Å²) in [5, 5.41) is 0. The van der Waals surface area contributed by atoms with E-state index in [-0.39, 0.29) is 0 Å². The number of hydrogen-bond acceptors (Lipinski definition) is 1. The molecule has 0 fully saturated rings. The molecular weight excluding hydrogens is 675 g/mol. The molecule has 1 atom stereocenters. The Kier molecular flexibility index (Phi) is 7.47. The van der Waals surface area contributed by atoms with E-state index in [1.54, 1.807) is 0 Å². The van der Waals surface area contributed by atoms with Crippen LogP contribution in [0.2, 0.25) is 0 Å². The van der Waals surface area contributed by atoms with Crippen molar-refractivity contribution < 1.29 is 0 Å². The van der Waals surface area contributed by atoms with Crippen molar-refractivity contribution in [3.8, 4) is 55.6 Å². The van der Waals surface area contributed by atoms with E-state index < -0.39 is 5.41 Å². The van der Waals surface area contributed by atoms with Gasteiger partial charge in [0, 0.05) is 16.7 Å². The molecule has 0 bridgehead atoms. The molecule has 1 spiro atoms. The van der Waals surface area contributed by atoms with Crippen LogP contribution in [-0.2, 0) is 5.41 Å². The molecule has 0 heterocycles. The minimum Gasteiger partial charge on any atom is -0.309 e. The lowest BCUT2D eigenvalue weighted by atomic mass is 9.70. The number of benzene rings is 9. The van der Waals surface area contributed by atoms with Crippen molar-refractivity contribution in [3.05, 3.63) is 247 Å². The summed E-state index contributed by atoms with van der Waals surface area (Å²) in [7, 11) is 0. The molecule has 0 saturated carbocycles. The van der Waals surface area contributed by atoms with Crippen LogP contribution in [-0.4, -0.2) is 0 Å². The van der Waals surface area contributed by atoms with Gasteiger partial charge in [-0.2, -0.15) is 0 Å². The summed E-state index contributed by atoms with van der Waals surface area (Å²) in [6.45, 7) is 0. The van der Waals surface area contributed by atoms with Crippen molar-refractivity contribution in [3.63, 3.8) is 0 Å². The zero-order chi connectivity index (χ0) is 37.1. The molecule has 0 amide bonds. The maximum atomic E-state index is 2.53. The average molecular weight is 712 g/mol. The van der Waals surface area contributed by atoms with Crippen molar-refractivity contribution in [2.24, 2.45) is 0 Å². The Morgan fingerprint density at radius 3 is 1.29 bits per heavy atom. The Balaban J connectivity index is 1.25. The van der Waals surface area contributed by atoms with Crippen LogP contribution in [0.25, 0.3) is 55.6 Å². The Morgan fingerprint density at radius 1 is 0.250 bits per heavy atom. The quantitative estimate of drug-likeness (QED) is 0.166. The average Bonchev–Trinajstić information content (AvgIpc) is 3.75. The molecule has 2 aliphatic carbocycles. The lowest BCUT2D eigenvalue weighted by Gasteiger charge is -2.33.